The van der Waals surface area contributed by atoms with E-state index in [-0.39, 0.29) is 5.91 Å². The summed E-state index contributed by atoms with van der Waals surface area (Å²) in [5.41, 5.74) is 2.81. The first-order valence-corrected chi connectivity index (χ1v) is 9.59. The molecule has 2 rings (SSSR count). The highest BCUT2D eigenvalue weighted by Gasteiger charge is 2.06. The predicted octanol–water partition coefficient (Wildman–Crippen LogP) is 2.42. The molecule has 0 bridgehead atoms. The average Bonchev–Trinajstić information content (AvgIpc) is 2.96. The molecule has 6 nitrogen and oxygen atoms in total. The van der Waals surface area contributed by atoms with Crippen LogP contribution < -0.4 is 16.0 Å². The van der Waals surface area contributed by atoms with Crippen LogP contribution in [0.15, 0.2) is 29.3 Å². The Hall–Kier alpha value is -2.41. The second-order valence-corrected chi connectivity index (χ2v) is 7.20. The average molecular weight is 374 g/mol. The van der Waals surface area contributed by atoms with E-state index in [2.05, 4.69) is 32.9 Å². The molecule has 0 aliphatic heterocycles. The number of nitrogens with zero attached hydrogens (tertiary/aromatic N) is 2. The van der Waals surface area contributed by atoms with Crippen molar-refractivity contribution in [2.24, 2.45) is 4.99 Å². The minimum Gasteiger partial charge on any atom is -0.356 e. The first kappa shape index (κ1) is 19.9. The van der Waals surface area contributed by atoms with Crippen molar-refractivity contribution in [2.45, 2.75) is 33.7 Å². The topological polar surface area (TPSA) is 78.4 Å². The third-order valence-corrected chi connectivity index (χ3v) is 5.05. The van der Waals surface area contributed by atoms with E-state index in [1.165, 1.54) is 4.88 Å². The zero-order chi connectivity index (χ0) is 18.9. The lowest BCUT2D eigenvalue weighted by Crippen LogP contribution is -2.37. The van der Waals surface area contributed by atoms with Crippen LogP contribution in [0, 0.1) is 13.8 Å². The molecule has 0 saturated carbocycles. The van der Waals surface area contributed by atoms with Gasteiger partial charge in [0, 0.05) is 43.5 Å². The minimum atomic E-state index is -0.0501. The SMILES string of the molecule is CCNC(=O)c1cccc(CNC(=NC)NCCc2nc(C)c(C)s2)c1. The van der Waals surface area contributed by atoms with Crippen molar-refractivity contribution in [1.82, 2.24) is 20.9 Å². The van der Waals surface area contributed by atoms with Gasteiger partial charge in [-0.05, 0) is 38.5 Å². The summed E-state index contributed by atoms with van der Waals surface area (Å²) in [5.74, 6) is 0.685. The summed E-state index contributed by atoms with van der Waals surface area (Å²) in [4.78, 5) is 22.0. The largest absolute Gasteiger partial charge is 0.356 e. The quantitative estimate of drug-likeness (QED) is 0.514. The number of aryl methyl sites for hydroxylation is 2. The van der Waals surface area contributed by atoms with Gasteiger partial charge in [0.2, 0.25) is 0 Å². The number of guanidine groups is 1. The molecule has 7 heteroatoms. The van der Waals surface area contributed by atoms with Gasteiger partial charge in [0.15, 0.2) is 5.96 Å². The van der Waals surface area contributed by atoms with Gasteiger partial charge >= 0.3 is 0 Å². The van der Waals surface area contributed by atoms with Crippen LogP contribution in [0.25, 0.3) is 0 Å². The number of hydrogen-bond acceptors (Lipinski definition) is 4. The lowest BCUT2D eigenvalue weighted by molar-refractivity contribution is 0.0955. The van der Waals surface area contributed by atoms with Crippen molar-refractivity contribution in [2.75, 3.05) is 20.1 Å². The van der Waals surface area contributed by atoms with E-state index in [9.17, 15) is 4.79 Å². The van der Waals surface area contributed by atoms with E-state index in [1.807, 2.05) is 38.1 Å². The molecule has 0 fully saturated rings. The maximum atomic E-state index is 11.9. The number of thiazole rings is 1. The Balaban J connectivity index is 1.83. The molecule has 3 N–H and O–H groups in total. The van der Waals surface area contributed by atoms with Gasteiger partial charge in [-0.3, -0.25) is 9.79 Å². The van der Waals surface area contributed by atoms with Crippen LogP contribution in [-0.4, -0.2) is 37.0 Å². The van der Waals surface area contributed by atoms with Crippen molar-refractivity contribution in [3.8, 4) is 0 Å². The Kier molecular flexibility index (Phi) is 7.59. The molecule has 1 amide bonds. The standard InChI is InChI=1S/C19H27N5OS/c1-5-21-18(25)16-8-6-7-15(11-16)12-23-19(20-4)22-10-9-17-24-13(2)14(3)26-17/h6-8,11H,5,9-10,12H2,1-4H3,(H,21,25)(H2,20,22,23). The van der Waals surface area contributed by atoms with E-state index in [0.717, 1.165) is 35.2 Å². The van der Waals surface area contributed by atoms with Gasteiger partial charge in [0.1, 0.15) is 0 Å². The van der Waals surface area contributed by atoms with E-state index in [0.29, 0.717) is 18.7 Å². The Morgan fingerprint density at radius 1 is 1.23 bits per heavy atom. The second-order valence-electron chi connectivity index (χ2n) is 5.91. The highest BCUT2D eigenvalue weighted by molar-refractivity contribution is 7.11. The predicted molar refractivity (Wildman–Crippen MR) is 108 cm³/mol. The minimum absolute atomic E-state index is 0.0501. The molecule has 1 heterocycles. The van der Waals surface area contributed by atoms with E-state index in [1.54, 1.807) is 18.4 Å². The number of aromatic nitrogens is 1. The number of hydrogen-bond donors (Lipinski definition) is 3. The lowest BCUT2D eigenvalue weighted by Gasteiger charge is -2.12. The maximum Gasteiger partial charge on any atom is 0.251 e. The van der Waals surface area contributed by atoms with Crippen LogP contribution in [0.3, 0.4) is 0 Å². The number of rotatable bonds is 7. The molecule has 26 heavy (non-hydrogen) atoms. The van der Waals surface area contributed by atoms with Crippen molar-refractivity contribution in [3.63, 3.8) is 0 Å². The molecular formula is C19H27N5OS. The summed E-state index contributed by atoms with van der Waals surface area (Å²) in [6.45, 7) is 8.04. The Morgan fingerprint density at radius 2 is 2.04 bits per heavy atom. The highest BCUT2D eigenvalue weighted by atomic mass is 32.1. The Morgan fingerprint density at radius 3 is 2.69 bits per heavy atom. The molecule has 0 aliphatic rings. The van der Waals surface area contributed by atoms with Crippen LogP contribution in [0.5, 0.6) is 0 Å². The van der Waals surface area contributed by atoms with Gasteiger partial charge in [0.05, 0.1) is 10.7 Å². The second kappa shape index (κ2) is 9.91. The number of aliphatic imine (C=N–C) groups is 1. The third-order valence-electron chi connectivity index (χ3n) is 3.91. The first-order chi connectivity index (χ1) is 12.5. The van der Waals surface area contributed by atoms with Gasteiger partial charge in [-0.25, -0.2) is 4.98 Å². The van der Waals surface area contributed by atoms with Gasteiger partial charge in [-0.2, -0.15) is 0 Å². The van der Waals surface area contributed by atoms with Crippen molar-refractivity contribution in [1.29, 1.82) is 0 Å². The maximum absolute atomic E-state index is 11.9. The number of carbonyl (C=O) groups is 1. The molecule has 0 spiro atoms. The van der Waals surface area contributed by atoms with Gasteiger partial charge in [-0.1, -0.05) is 12.1 Å². The fourth-order valence-corrected chi connectivity index (χ4v) is 3.36. The van der Waals surface area contributed by atoms with Crippen LogP contribution in [-0.2, 0) is 13.0 Å². The highest BCUT2D eigenvalue weighted by Crippen LogP contribution is 2.16. The van der Waals surface area contributed by atoms with E-state index in [4.69, 9.17) is 0 Å². The summed E-state index contributed by atoms with van der Waals surface area (Å²) in [6, 6.07) is 7.60. The van der Waals surface area contributed by atoms with Crippen LogP contribution >= 0.6 is 11.3 Å². The van der Waals surface area contributed by atoms with Crippen LogP contribution in [0.4, 0.5) is 0 Å². The van der Waals surface area contributed by atoms with Crippen molar-refractivity contribution >= 4 is 23.2 Å². The van der Waals surface area contributed by atoms with Crippen LogP contribution in [0.1, 0.15) is 38.4 Å². The molecule has 0 saturated heterocycles. The van der Waals surface area contributed by atoms with Crippen molar-refractivity contribution < 1.29 is 4.79 Å². The molecule has 1 aromatic heterocycles. The summed E-state index contributed by atoms with van der Waals surface area (Å²) < 4.78 is 0. The zero-order valence-corrected chi connectivity index (χ0v) is 16.7. The van der Waals surface area contributed by atoms with E-state index >= 15 is 0 Å². The Bertz CT molecular complexity index is 750. The zero-order valence-electron chi connectivity index (χ0n) is 15.8. The summed E-state index contributed by atoms with van der Waals surface area (Å²) in [7, 11) is 1.75. The third kappa shape index (κ3) is 5.84. The number of nitrogens with one attached hydrogen (secondary N) is 3. The number of carbonyl (C=O) groups excluding carboxylic acids is 1. The lowest BCUT2D eigenvalue weighted by atomic mass is 10.1. The summed E-state index contributed by atoms with van der Waals surface area (Å²) in [5, 5.41) is 10.5. The monoisotopic (exact) mass is 373 g/mol. The molecule has 0 radical (unpaired) electrons. The molecule has 0 atom stereocenters. The summed E-state index contributed by atoms with van der Waals surface area (Å²) in [6.07, 6.45) is 0.868. The normalized spacial score (nSPS) is 11.3. The molecule has 140 valence electrons. The molecule has 1 aromatic carbocycles. The first-order valence-electron chi connectivity index (χ1n) is 8.78. The fraction of sp³-hybridized carbons (Fsp3) is 0.421. The Labute approximate surface area is 159 Å². The number of amides is 1. The van der Waals surface area contributed by atoms with Gasteiger partial charge < -0.3 is 16.0 Å². The smallest absolute Gasteiger partial charge is 0.251 e. The van der Waals surface area contributed by atoms with Crippen molar-refractivity contribution in [3.05, 3.63) is 51.0 Å². The molecule has 0 aliphatic carbocycles. The van der Waals surface area contributed by atoms with E-state index < -0.39 is 0 Å². The summed E-state index contributed by atoms with van der Waals surface area (Å²) >= 11 is 1.74. The number of benzene rings is 1. The molecule has 0 unspecified atom stereocenters. The van der Waals surface area contributed by atoms with Crippen LogP contribution in [0.2, 0.25) is 0 Å². The molecular weight excluding hydrogens is 346 g/mol. The van der Waals surface area contributed by atoms with Gasteiger partial charge in [0.25, 0.3) is 5.91 Å². The van der Waals surface area contributed by atoms with Gasteiger partial charge in [-0.15, -0.1) is 11.3 Å². The molecule has 2 aromatic rings. The fourth-order valence-electron chi connectivity index (χ4n) is 2.43.